The summed E-state index contributed by atoms with van der Waals surface area (Å²) < 4.78 is 0. The molecule has 0 unspecified atom stereocenters. The molecule has 0 spiro atoms. The summed E-state index contributed by atoms with van der Waals surface area (Å²) in [4.78, 5) is 10.9. The quantitative estimate of drug-likeness (QED) is 0.434. The lowest BCUT2D eigenvalue weighted by Crippen LogP contribution is -2.03. The Morgan fingerprint density at radius 3 is 2.29 bits per heavy atom. The van der Waals surface area contributed by atoms with E-state index in [1.54, 1.807) is 0 Å². The number of rotatable bonds is 11. The minimum Gasteiger partial charge on any atom is -0.478 e. The molecule has 1 aromatic rings. The predicted octanol–water partition coefficient (Wildman–Crippen LogP) is 5.21. The Kier molecular flexibility index (Phi) is 9.01. The van der Waals surface area contributed by atoms with Crippen molar-refractivity contribution in [1.29, 1.82) is 0 Å². The van der Waals surface area contributed by atoms with Crippen LogP contribution in [0.5, 0.6) is 0 Å². The summed E-state index contributed by atoms with van der Waals surface area (Å²) in [5.41, 5.74) is 1.72. The van der Waals surface area contributed by atoms with Crippen molar-refractivity contribution in [3.05, 3.63) is 42.1 Å². The van der Waals surface area contributed by atoms with Crippen molar-refractivity contribution in [2.75, 3.05) is 5.32 Å². The molecule has 3 nitrogen and oxygen atoms in total. The van der Waals surface area contributed by atoms with Crippen LogP contribution in [0.2, 0.25) is 0 Å². The second-order valence-corrected chi connectivity index (χ2v) is 5.37. The number of carbonyl (C=O) groups is 1. The summed E-state index contributed by atoms with van der Waals surface area (Å²) >= 11 is 0. The van der Waals surface area contributed by atoms with E-state index in [4.69, 9.17) is 5.11 Å². The molecule has 1 rings (SSSR count). The van der Waals surface area contributed by atoms with Crippen LogP contribution in [-0.4, -0.2) is 11.1 Å². The molecule has 0 radical (unpaired) electrons. The normalized spacial score (nSPS) is 11.4. The van der Waals surface area contributed by atoms with Gasteiger partial charge in [-0.3, -0.25) is 0 Å². The van der Waals surface area contributed by atoms with Gasteiger partial charge < -0.3 is 10.4 Å². The van der Waals surface area contributed by atoms with E-state index in [9.17, 15) is 4.79 Å². The molecule has 0 saturated carbocycles. The Bertz CT molecular complexity index is 426. The van der Waals surface area contributed by atoms with E-state index in [2.05, 4.69) is 12.2 Å². The van der Waals surface area contributed by atoms with Gasteiger partial charge in [-0.15, -0.1) is 0 Å². The van der Waals surface area contributed by atoms with Crippen LogP contribution in [0.25, 0.3) is 0 Å². The van der Waals surface area contributed by atoms with Gasteiger partial charge in [-0.25, -0.2) is 4.79 Å². The highest BCUT2D eigenvalue weighted by Crippen LogP contribution is 2.15. The highest BCUT2D eigenvalue weighted by atomic mass is 16.4. The van der Waals surface area contributed by atoms with Crippen LogP contribution in [0.3, 0.4) is 0 Å². The second kappa shape index (κ2) is 11.0. The molecule has 0 aliphatic carbocycles. The Morgan fingerprint density at radius 1 is 1.05 bits per heavy atom. The third kappa shape index (κ3) is 8.90. The Hall–Kier alpha value is -1.77. The molecular weight excluding hydrogens is 262 g/mol. The molecule has 0 saturated heterocycles. The first-order valence-corrected chi connectivity index (χ1v) is 7.98. The fourth-order valence-electron chi connectivity index (χ4n) is 2.30. The molecule has 0 aliphatic heterocycles. The lowest BCUT2D eigenvalue weighted by Gasteiger charge is -2.10. The van der Waals surface area contributed by atoms with Crippen LogP contribution < -0.4 is 5.32 Å². The maximum atomic E-state index is 10.9. The first-order chi connectivity index (χ1) is 10.2. The first-order valence-electron chi connectivity index (χ1n) is 7.98. The number of unbranched alkanes of at least 4 members (excludes halogenated alkanes) is 6. The molecule has 0 heterocycles. The van der Waals surface area contributed by atoms with Crippen molar-refractivity contribution >= 4 is 11.7 Å². The number of anilines is 1. The van der Waals surface area contributed by atoms with Crippen LogP contribution in [0.4, 0.5) is 5.69 Å². The van der Waals surface area contributed by atoms with Crippen LogP contribution in [-0.2, 0) is 4.79 Å². The Morgan fingerprint density at radius 2 is 1.67 bits per heavy atom. The molecule has 3 heteroatoms. The van der Waals surface area contributed by atoms with Gasteiger partial charge in [0.1, 0.15) is 0 Å². The van der Waals surface area contributed by atoms with Crippen molar-refractivity contribution in [3.8, 4) is 0 Å². The molecule has 0 atom stereocenters. The van der Waals surface area contributed by atoms with E-state index in [0.717, 1.165) is 30.6 Å². The lowest BCUT2D eigenvalue weighted by atomic mass is 10.1. The number of carboxylic acid groups (broad SMARTS) is 1. The third-order valence-electron chi connectivity index (χ3n) is 3.43. The molecule has 116 valence electrons. The zero-order chi connectivity index (χ0) is 15.3. The van der Waals surface area contributed by atoms with Crippen molar-refractivity contribution < 1.29 is 9.90 Å². The summed E-state index contributed by atoms with van der Waals surface area (Å²) in [5.74, 6) is -0.892. The average Bonchev–Trinajstić information content (AvgIpc) is 2.46. The number of carboxylic acids is 1. The topological polar surface area (TPSA) is 49.3 Å². The third-order valence-corrected chi connectivity index (χ3v) is 3.43. The number of hydrogen-bond donors (Lipinski definition) is 2. The minimum atomic E-state index is -0.892. The van der Waals surface area contributed by atoms with E-state index in [1.807, 2.05) is 30.3 Å². The SMILES string of the molecule is CCCCCCCCC/C(=C/C(=O)O)Nc1ccccc1. The number of hydrogen-bond acceptors (Lipinski definition) is 2. The average molecular weight is 289 g/mol. The van der Waals surface area contributed by atoms with Gasteiger partial charge in [0.2, 0.25) is 0 Å². The van der Waals surface area contributed by atoms with Gasteiger partial charge in [0.25, 0.3) is 0 Å². The van der Waals surface area contributed by atoms with E-state index < -0.39 is 5.97 Å². The lowest BCUT2D eigenvalue weighted by molar-refractivity contribution is -0.131. The minimum absolute atomic E-state index is 0.780. The van der Waals surface area contributed by atoms with Crippen LogP contribution >= 0.6 is 0 Å². The standard InChI is InChI=1S/C18H27NO2/c1-2-3-4-5-6-7-9-14-17(15-18(20)21)19-16-12-10-8-11-13-16/h8,10-13,15,19H,2-7,9,14H2,1H3,(H,20,21)/b17-15-. The Balaban J connectivity index is 2.33. The first kappa shape index (κ1) is 17.3. The summed E-state index contributed by atoms with van der Waals surface area (Å²) in [6, 6.07) is 9.71. The van der Waals surface area contributed by atoms with Gasteiger partial charge in [-0.05, 0) is 25.0 Å². The number of nitrogens with one attached hydrogen (secondary N) is 1. The maximum Gasteiger partial charge on any atom is 0.330 e. The number of aliphatic carboxylic acids is 1. The van der Waals surface area contributed by atoms with Gasteiger partial charge in [-0.1, -0.05) is 63.6 Å². The van der Waals surface area contributed by atoms with E-state index in [1.165, 1.54) is 38.2 Å². The number of benzene rings is 1. The van der Waals surface area contributed by atoms with Gasteiger partial charge >= 0.3 is 5.97 Å². The zero-order valence-corrected chi connectivity index (χ0v) is 13.0. The van der Waals surface area contributed by atoms with Gasteiger partial charge in [0.05, 0.1) is 0 Å². The largest absolute Gasteiger partial charge is 0.478 e. The van der Waals surface area contributed by atoms with Crippen molar-refractivity contribution in [2.24, 2.45) is 0 Å². The fourth-order valence-corrected chi connectivity index (χ4v) is 2.30. The second-order valence-electron chi connectivity index (χ2n) is 5.37. The zero-order valence-electron chi connectivity index (χ0n) is 13.0. The molecule has 0 fully saturated rings. The monoisotopic (exact) mass is 289 g/mol. The molecule has 0 aliphatic rings. The molecular formula is C18H27NO2. The van der Waals surface area contributed by atoms with E-state index in [-0.39, 0.29) is 0 Å². The van der Waals surface area contributed by atoms with E-state index >= 15 is 0 Å². The van der Waals surface area contributed by atoms with Crippen LogP contribution in [0.1, 0.15) is 58.3 Å². The predicted molar refractivity (Wildman–Crippen MR) is 88.4 cm³/mol. The van der Waals surface area contributed by atoms with Crippen LogP contribution in [0, 0.1) is 0 Å². The number of allylic oxidation sites excluding steroid dienone is 1. The molecule has 0 bridgehead atoms. The number of para-hydroxylation sites is 1. The molecule has 0 aromatic heterocycles. The van der Waals surface area contributed by atoms with Gasteiger partial charge in [-0.2, -0.15) is 0 Å². The van der Waals surface area contributed by atoms with Crippen molar-refractivity contribution in [3.63, 3.8) is 0 Å². The summed E-state index contributed by atoms with van der Waals surface area (Å²) in [5, 5.41) is 12.1. The maximum absolute atomic E-state index is 10.9. The van der Waals surface area contributed by atoms with Crippen LogP contribution in [0.15, 0.2) is 42.1 Å². The van der Waals surface area contributed by atoms with Gasteiger partial charge in [0, 0.05) is 17.5 Å². The van der Waals surface area contributed by atoms with Crippen molar-refractivity contribution in [2.45, 2.75) is 58.3 Å². The Labute approximate surface area is 128 Å². The van der Waals surface area contributed by atoms with Gasteiger partial charge in [0.15, 0.2) is 0 Å². The summed E-state index contributed by atoms with van der Waals surface area (Å²) in [7, 11) is 0. The molecule has 21 heavy (non-hydrogen) atoms. The highest BCUT2D eigenvalue weighted by molar-refractivity contribution is 5.81. The smallest absolute Gasteiger partial charge is 0.330 e. The summed E-state index contributed by atoms with van der Waals surface area (Å²) in [6.45, 7) is 2.22. The molecule has 0 amide bonds. The van der Waals surface area contributed by atoms with E-state index in [0.29, 0.717) is 0 Å². The molecule has 2 N–H and O–H groups in total. The fraction of sp³-hybridized carbons (Fsp3) is 0.500. The summed E-state index contributed by atoms with van der Waals surface area (Å²) in [6.07, 6.45) is 10.7. The van der Waals surface area contributed by atoms with Crippen molar-refractivity contribution in [1.82, 2.24) is 0 Å². The highest BCUT2D eigenvalue weighted by Gasteiger charge is 2.02. The molecule has 1 aromatic carbocycles.